The summed E-state index contributed by atoms with van der Waals surface area (Å²) in [7, 11) is 0. The molecule has 1 aliphatic carbocycles. The molecule has 0 aromatic carbocycles. The van der Waals surface area contributed by atoms with Crippen molar-refractivity contribution in [2.24, 2.45) is 17.3 Å². The van der Waals surface area contributed by atoms with Crippen molar-refractivity contribution in [3.8, 4) is 0 Å². The molecule has 2 heteroatoms. The maximum absolute atomic E-state index is 10.9. The van der Waals surface area contributed by atoms with Crippen LogP contribution in [-0.2, 0) is 9.53 Å². The number of hydrogen-bond donors (Lipinski definition) is 0. The van der Waals surface area contributed by atoms with Crippen LogP contribution in [0.2, 0.25) is 0 Å². The third-order valence-corrected chi connectivity index (χ3v) is 3.70. The summed E-state index contributed by atoms with van der Waals surface area (Å²) in [6.07, 6.45) is 6.14. The summed E-state index contributed by atoms with van der Waals surface area (Å²) in [5.41, 5.74) is 0.419. The number of hydrogen-bond acceptors (Lipinski definition) is 2. The van der Waals surface area contributed by atoms with Gasteiger partial charge in [-0.1, -0.05) is 27.4 Å². The number of carbonyl (C=O) groups is 1. The number of esters is 1. The number of carbonyl (C=O) groups excluding carboxylic acids is 1. The first kappa shape index (κ1) is 13.3. The van der Waals surface area contributed by atoms with E-state index in [-0.39, 0.29) is 5.97 Å². The van der Waals surface area contributed by atoms with Crippen molar-refractivity contribution in [2.45, 2.75) is 46.5 Å². The average molecular weight is 224 g/mol. The van der Waals surface area contributed by atoms with Gasteiger partial charge in [0.1, 0.15) is 0 Å². The van der Waals surface area contributed by atoms with Gasteiger partial charge < -0.3 is 4.74 Å². The minimum atomic E-state index is -0.294. The molecule has 0 unspecified atom stereocenters. The first-order chi connectivity index (χ1) is 7.43. The molecule has 2 nitrogen and oxygen atoms in total. The van der Waals surface area contributed by atoms with Crippen LogP contribution >= 0.6 is 0 Å². The minimum Gasteiger partial charge on any atom is -0.462 e. The molecule has 0 amide bonds. The fourth-order valence-electron chi connectivity index (χ4n) is 2.45. The van der Waals surface area contributed by atoms with E-state index >= 15 is 0 Å². The molecule has 0 spiro atoms. The Morgan fingerprint density at radius 2 is 1.88 bits per heavy atom. The SMILES string of the molecule is C=CC(=O)OCC1CCC(C(C)(C)C)CC1. The van der Waals surface area contributed by atoms with Crippen molar-refractivity contribution in [3.63, 3.8) is 0 Å². The fraction of sp³-hybridized carbons (Fsp3) is 0.786. The van der Waals surface area contributed by atoms with Gasteiger partial charge in [-0.3, -0.25) is 0 Å². The Hall–Kier alpha value is -0.790. The Balaban J connectivity index is 2.27. The van der Waals surface area contributed by atoms with E-state index in [0.717, 1.165) is 5.92 Å². The molecule has 0 bridgehead atoms. The highest BCUT2D eigenvalue weighted by Crippen LogP contribution is 2.39. The lowest BCUT2D eigenvalue weighted by Gasteiger charge is -2.36. The lowest BCUT2D eigenvalue weighted by Crippen LogP contribution is -2.27. The van der Waals surface area contributed by atoms with E-state index in [4.69, 9.17) is 4.74 Å². The molecule has 0 aromatic rings. The largest absolute Gasteiger partial charge is 0.462 e. The lowest BCUT2D eigenvalue weighted by molar-refractivity contribution is -0.139. The van der Waals surface area contributed by atoms with E-state index in [1.807, 2.05) is 0 Å². The second-order valence-electron chi connectivity index (χ2n) is 5.92. The molecule has 1 saturated carbocycles. The zero-order valence-electron chi connectivity index (χ0n) is 10.8. The zero-order valence-corrected chi connectivity index (χ0v) is 10.8. The van der Waals surface area contributed by atoms with Crippen LogP contribution in [0.25, 0.3) is 0 Å². The molecule has 0 atom stereocenters. The van der Waals surface area contributed by atoms with Gasteiger partial charge in [-0.25, -0.2) is 4.79 Å². The Labute approximate surface area is 99.1 Å². The lowest BCUT2D eigenvalue weighted by atomic mass is 9.70. The Morgan fingerprint density at radius 3 is 2.31 bits per heavy atom. The Kier molecular flexibility index (Phi) is 4.57. The second-order valence-corrected chi connectivity index (χ2v) is 5.92. The van der Waals surface area contributed by atoms with Crippen LogP contribution in [0.5, 0.6) is 0 Å². The summed E-state index contributed by atoms with van der Waals surface area (Å²) in [4.78, 5) is 10.9. The van der Waals surface area contributed by atoms with Crippen molar-refractivity contribution in [1.82, 2.24) is 0 Å². The highest BCUT2D eigenvalue weighted by Gasteiger charge is 2.29. The maximum atomic E-state index is 10.9. The number of ether oxygens (including phenoxy) is 1. The predicted molar refractivity (Wildman–Crippen MR) is 66.1 cm³/mol. The second kappa shape index (κ2) is 5.51. The quantitative estimate of drug-likeness (QED) is 0.541. The monoisotopic (exact) mass is 224 g/mol. The molecule has 0 aliphatic heterocycles. The first-order valence-corrected chi connectivity index (χ1v) is 6.22. The van der Waals surface area contributed by atoms with Crippen molar-refractivity contribution in [3.05, 3.63) is 12.7 Å². The topological polar surface area (TPSA) is 26.3 Å². The summed E-state index contributed by atoms with van der Waals surface area (Å²) in [6.45, 7) is 10.9. The van der Waals surface area contributed by atoms with Gasteiger partial charge in [0.2, 0.25) is 0 Å². The van der Waals surface area contributed by atoms with E-state index in [0.29, 0.717) is 17.9 Å². The Morgan fingerprint density at radius 1 is 1.31 bits per heavy atom. The van der Waals surface area contributed by atoms with Crippen LogP contribution in [-0.4, -0.2) is 12.6 Å². The van der Waals surface area contributed by atoms with Gasteiger partial charge in [0.15, 0.2) is 0 Å². The average Bonchev–Trinajstić information content (AvgIpc) is 2.25. The summed E-state index contributed by atoms with van der Waals surface area (Å²) >= 11 is 0. The molecular formula is C14H24O2. The van der Waals surface area contributed by atoms with Gasteiger partial charge in [-0.05, 0) is 42.9 Å². The van der Waals surface area contributed by atoms with Crippen LogP contribution in [0.4, 0.5) is 0 Å². The summed E-state index contributed by atoms with van der Waals surface area (Å²) in [5, 5.41) is 0. The van der Waals surface area contributed by atoms with Gasteiger partial charge in [0, 0.05) is 6.08 Å². The molecule has 16 heavy (non-hydrogen) atoms. The van der Waals surface area contributed by atoms with E-state index in [2.05, 4.69) is 27.4 Å². The van der Waals surface area contributed by atoms with Crippen molar-refractivity contribution < 1.29 is 9.53 Å². The van der Waals surface area contributed by atoms with E-state index < -0.39 is 0 Å². The van der Waals surface area contributed by atoms with Crippen LogP contribution in [0.1, 0.15) is 46.5 Å². The summed E-state index contributed by atoms with van der Waals surface area (Å²) in [5.74, 6) is 1.08. The van der Waals surface area contributed by atoms with Gasteiger partial charge >= 0.3 is 5.97 Å². The highest BCUT2D eigenvalue weighted by molar-refractivity contribution is 5.81. The van der Waals surface area contributed by atoms with E-state index in [9.17, 15) is 4.79 Å². The third kappa shape index (κ3) is 3.99. The molecule has 0 aromatic heterocycles. The van der Waals surface area contributed by atoms with Crippen molar-refractivity contribution in [2.75, 3.05) is 6.61 Å². The van der Waals surface area contributed by atoms with Crippen molar-refractivity contribution >= 4 is 5.97 Å². The van der Waals surface area contributed by atoms with Crippen LogP contribution in [0.15, 0.2) is 12.7 Å². The summed E-state index contributed by atoms with van der Waals surface area (Å²) < 4.78 is 5.09. The molecule has 0 radical (unpaired) electrons. The molecular weight excluding hydrogens is 200 g/mol. The molecule has 1 aliphatic rings. The first-order valence-electron chi connectivity index (χ1n) is 6.22. The number of rotatable bonds is 3. The third-order valence-electron chi connectivity index (χ3n) is 3.70. The molecule has 0 N–H and O–H groups in total. The standard InChI is InChI=1S/C14H24O2/c1-5-13(15)16-10-11-6-8-12(9-7-11)14(2,3)4/h5,11-12H,1,6-10H2,2-4H3. The maximum Gasteiger partial charge on any atom is 0.330 e. The van der Waals surface area contributed by atoms with E-state index in [1.54, 1.807) is 0 Å². The zero-order chi connectivity index (χ0) is 12.2. The minimum absolute atomic E-state index is 0.294. The van der Waals surface area contributed by atoms with Gasteiger partial charge in [-0.15, -0.1) is 0 Å². The van der Waals surface area contributed by atoms with Crippen LogP contribution in [0, 0.1) is 17.3 Å². The molecule has 0 heterocycles. The molecule has 92 valence electrons. The highest BCUT2D eigenvalue weighted by atomic mass is 16.5. The van der Waals surface area contributed by atoms with Gasteiger partial charge in [0.05, 0.1) is 6.61 Å². The van der Waals surface area contributed by atoms with Crippen LogP contribution in [0.3, 0.4) is 0 Å². The normalized spacial score (nSPS) is 26.2. The van der Waals surface area contributed by atoms with Gasteiger partial charge in [-0.2, -0.15) is 0 Å². The Bertz CT molecular complexity index is 242. The predicted octanol–water partition coefficient (Wildman–Crippen LogP) is 3.57. The molecule has 1 fully saturated rings. The smallest absolute Gasteiger partial charge is 0.330 e. The molecule has 1 rings (SSSR count). The summed E-state index contributed by atoms with van der Waals surface area (Å²) in [6, 6.07) is 0. The van der Waals surface area contributed by atoms with Gasteiger partial charge in [0.25, 0.3) is 0 Å². The molecule has 0 saturated heterocycles. The fourth-order valence-corrected chi connectivity index (χ4v) is 2.45. The van der Waals surface area contributed by atoms with E-state index in [1.165, 1.54) is 31.8 Å². The van der Waals surface area contributed by atoms with Crippen LogP contribution < -0.4 is 0 Å². The van der Waals surface area contributed by atoms with Crippen molar-refractivity contribution in [1.29, 1.82) is 0 Å².